The number of hydrogen-bond acceptors (Lipinski definition) is 5. The summed E-state index contributed by atoms with van der Waals surface area (Å²) in [5, 5.41) is 3.95. The lowest BCUT2D eigenvalue weighted by molar-refractivity contribution is -0.151. The van der Waals surface area contributed by atoms with E-state index < -0.39 is 36.2 Å². The summed E-state index contributed by atoms with van der Waals surface area (Å²) in [6, 6.07) is 13.8. The molecule has 1 atom stereocenters. The summed E-state index contributed by atoms with van der Waals surface area (Å²) >= 11 is 5.99. The Morgan fingerprint density at radius 2 is 1.84 bits per heavy atom. The number of nitrogens with zero attached hydrogens (tertiary/aromatic N) is 1. The molecule has 3 amide bonds. The van der Waals surface area contributed by atoms with E-state index in [-0.39, 0.29) is 23.6 Å². The molecule has 1 fully saturated rings. The molecule has 0 radical (unpaired) electrons. The molecule has 31 heavy (non-hydrogen) atoms. The number of rotatable bonds is 7. The van der Waals surface area contributed by atoms with Crippen LogP contribution in [0.15, 0.2) is 48.5 Å². The van der Waals surface area contributed by atoms with Crippen LogP contribution < -0.4 is 10.7 Å². The van der Waals surface area contributed by atoms with E-state index in [4.69, 9.17) is 16.3 Å². The second-order valence-electron chi connectivity index (χ2n) is 7.03. The van der Waals surface area contributed by atoms with Crippen molar-refractivity contribution >= 4 is 41.0 Å². The highest BCUT2D eigenvalue weighted by Gasteiger charge is 2.36. The largest absolute Gasteiger partial charge is 0.455 e. The predicted molar refractivity (Wildman–Crippen MR) is 114 cm³/mol. The smallest absolute Gasteiger partial charge is 0.311 e. The molecular formula is C22H22ClN3O5. The van der Waals surface area contributed by atoms with E-state index in [9.17, 15) is 19.2 Å². The molecule has 0 bridgehead atoms. The van der Waals surface area contributed by atoms with Gasteiger partial charge in [-0.1, -0.05) is 42.8 Å². The Kier molecular flexibility index (Phi) is 7.25. The van der Waals surface area contributed by atoms with E-state index in [0.717, 1.165) is 17.0 Å². The molecule has 9 heteroatoms. The van der Waals surface area contributed by atoms with Gasteiger partial charge in [0.2, 0.25) is 5.91 Å². The van der Waals surface area contributed by atoms with E-state index in [1.807, 2.05) is 19.1 Å². The van der Waals surface area contributed by atoms with E-state index in [1.54, 1.807) is 30.3 Å². The van der Waals surface area contributed by atoms with Gasteiger partial charge in [-0.25, -0.2) is 0 Å². The van der Waals surface area contributed by atoms with Gasteiger partial charge in [-0.05, 0) is 36.2 Å². The molecule has 0 aromatic heterocycles. The summed E-state index contributed by atoms with van der Waals surface area (Å²) < 4.78 is 5.05. The van der Waals surface area contributed by atoms with Gasteiger partial charge in [0.1, 0.15) is 0 Å². The van der Waals surface area contributed by atoms with E-state index in [1.165, 1.54) is 6.07 Å². The van der Waals surface area contributed by atoms with Crippen molar-refractivity contribution in [3.05, 3.63) is 64.7 Å². The second kappa shape index (κ2) is 10.1. The summed E-state index contributed by atoms with van der Waals surface area (Å²) in [5.41, 5.74) is 4.41. The third-order valence-electron chi connectivity index (χ3n) is 4.80. The van der Waals surface area contributed by atoms with Gasteiger partial charge in [0.25, 0.3) is 11.8 Å². The number of aryl methyl sites for hydroxylation is 1. The number of halogens is 1. The minimum absolute atomic E-state index is 0.0477. The number of carbonyl (C=O) groups excluding carboxylic acids is 4. The minimum atomic E-state index is -0.782. The molecule has 0 unspecified atom stereocenters. The molecule has 0 aliphatic carbocycles. The Morgan fingerprint density at radius 1 is 1.13 bits per heavy atom. The average molecular weight is 444 g/mol. The van der Waals surface area contributed by atoms with Gasteiger partial charge < -0.3 is 10.1 Å². The van der Waals surface area contributed by atoms with Gasteiger partial charge in [0, 0.05) is 12.1 Å². The minimum Gasteiger partial charge on any atom is -0.455 e. The summed E-state index contributed by atoms with van der Waals surface area (Å²) in [5.74, 6) is -2.93. The molecule has 1 heterocycles. The van der Waals surface area contributed by atoms with Gasteiger partial charge >= 0.3 is 5.97 Å². The molecule has 1 saturated heterocycles. The van der Waals surface area contributed by atoms with Crippen LogP contribution in [0.3, 0.4) is 0 Å². The van der Waals surface area contributed by atoms with Gasteiger partial charge in [-0.2, -0.15) is 0 Å². The van der Waals surface area contributed by atoms with Crippen LogP contribution >= 0.6 is 11.6 Å². The number of carbonyl (C=O) groups is 4. The van der Waals surface area contributed by atoms with Crippen LogP contribution in [0.4, 0.5) is 5.69 Å². The van der Waals surface area contributed by atoms with Crippen molar-refractivity contribution in [2.75, 3.05) is 18.5 Å². The van der Waals surface area contributed by atoms with Crippen molar-refractivity contribution in [2.24, 2.45) is 5.92 Å². The van der Waals surface area contributed by atoms with E-state index in [0.29, 0.717) is 5.69 Å². The third-order valence-corrected chi connectivity index (χ3v) is 5.13. The predicted octanol–water partition coefficient (Wildman–Crippen LogP) is 2.58. The molecule has 2 N–H and O–H groups in total. The summed E-state index contributed by atoms with van der Waals surface area (Å²) in [6.07, 6.45) is 0.767. The number of benzene rings is 2. The zero-order valence-corrected chi connectivity index (χ0v) is 17.6. The summed E-state index contributed by atoms with van der Waals surface area (Å²) in [6.45, 7) is 1.52. The van der Waals surface area contributed by atoms with Gasteiger partial charge in [-0.3, -0.25) is 29.6 Å². The van der Waals surface area contributed by atoms with Crippen molar-refractivity contribution in [2.45, 2.75) is 19.8 Å². The van der Waals surface area contributed by atoms with Gasteiger partial charge in [0.05, 0.1) is 23.0 Å². The molecule has 162 valence electrons. The lowest BCUT2D eigenvalue weighted by Gasteiger charge is -2.18. The molecule has 0 spiro atoms. The maximum atomic E-state index is 12.3. The molecule has 2 aromatic rings. The monoisotopic (exact) mass is 443 g/mol. The maximum absolute atomic E-state index is 12.3. The molecule has 1 aliphatic heterocycles. The zero-order valence-electron chi connectivity index (χ0n) is 16.9. The molecule has 1 aliphatic rings. The Morgan fingerprint density at radius 3 is 2.52 bits per heavy atom. The number of esters is 1. The number of ether oxygens (including phenoxy) is 1. The topological polar surface area (TPSA) is 105 Å². The SMILES string of the molecule is CCc1ccc(NC(=O)COC(=O)[C@H]2CC(=O)N(NC(=O)c3ccccc3Cl)C2)cc1. The maximum Gasteiger partial charge on any atom is 0.311 e. The molecule has 3 rings (SSSR count). The standard InChI is InChI=1S/C22H22ClN3O5/c1-2-14-7-9-16(10-8-14)24-19(27)13-31-22(30)15-11-20(28)26(12-15)25-21(29)17-5-3-4-6-18(17)23/h3-10,15H,2,11-13H2,1H3,(H,24,27)(H,25,29)/t15-/m0/s1. The van der Waals surface area contributed by atoms with Crippen molar-refractivity contribution in [3.8, 4) is 0 Å². The molecular weight excluding hydrogens is 422 g/mol. The first-order chi connectivity index (χ1) is 14.9. The molecule has 2 aromatic carbocycles. The lowest BCUT2D eigenvalue weighted by Crippen LogP contribution is -2.43. The van der Waals surface area contributed by atoms with Crippen LogP contribution in [-0.2, 0) is 25.5 Å². The van der Waals surface area contributed by atoms with Crippen molar-refractivity contribution < 1.29 is 23.9 Å². The van der Waals surface area contributed by atoms with Crippen molar-refractivity contribution in [3.63, 3.8) is 0 Å². The fraction of sp³-hybridized carbons (Fsp3) is 0.273. The van der Waals surface area contributed by atoms with Crippen molar-refractivity contribution in [1.82, 2.24) is 10.4 Å². The van der Waals surface area contributed by atoms with Crippen LogP contribution in [0.5, 0.6) is 0 Å². The highest BCUT2D eigenvalue weighted by Crippen LogP contribution is 2.19. The molecule has 0 saturated carbocycles. The van der Waals surface area contributed by atoms with Crippen LogP contribution in [0, 0.1) is 5.92 Å². The average Bonchev–Trinajstić information content (AvgIpc) is 3.13. The fourth-order valence-corrected chi connectivity index (χ4v) is 3.30. The van der Waals surface area contributed by atoms with Crippen LogP contribution in [-0.4, -0.2) is 41.9 Å². The Balaban J connectivity index is 1.47. The number of amides is 3. The fourth-order valence-electron chi connectivity index (χ4n) is 3.08. The van der Waals surface area contributed by atoms with E-state index in [2.05, 4.69) is 10.7 Å². The highest BCUT2D eigenvalue weighted by atomic mass is 35.5. The Hall–Kier alpha value is -3.39. The lowest BCUT2D eigenvalue weighted by atomic mass is 10.1. The number of hydrogen-bond donors (Lipinski definition) is 2. The van der Waals surface area contributed by atoms with Gasteiger partial charge in [-0.15, -0.1) is 0 Å². The van der Waals surface area contributed by atoms with Gasteiger partial charge in [0.15, 0.2) is 6.61 Å². The number of nitrogens with one attached hydrogen (secondary N) is 2. The normalized spacial score (nSPS) is 15.5. The second-order valence-corrected chi connectivity index (χ2v) is 7.44. The summed E-state index contributed by atoms with van der Waals surface area (Å²) in [7, 11) is 0. The van der Waals surface area contributed by atoms with Crippen LogP contribution in [0.1, 0.15) is 29.3 Å². The zero-order chi connectivity index (χ0) is 22.4. The summed E-state index contributed by atoms with van der Waals surface area (Å²) in [4.78, 5) is 48.8. The van der Waals surface area contributed by atoms with Crippen LogP contribution in [0.25, 0.3) is 0 Å². The first kappa shape index (κ1) is 22.3. The van der Waals surface area contributed by atoms with E-state index >= 15 is 0 Å². The number of hydrazine groups is 1. The Labute approximate surface area is 184 Å². The highest BCUT2D eigenvalue weighted by molar-refractivity contribution is 6.33. The third kappa shape index (κ3) is 5.82. The Bertz CT molecular complexity index is 993. The van der Waals surface area contributed by atoms with Crippen molar-refractivity contribution in [1.29, 1.82) is 0 Å². The van der Waals surface area contributed by atoms with Crippen LogP contribution in [0.2, 0.25) is 5.02 Å². The molecule has 8 nitrogen and oxygen atoms in total. The number of anilines is 1. The first-order valence-electron chi connectivity index (χ1n) is 9.78. The first-order valence-corrected chi connectivity index (χ1v) is 10.2. The quantitative estimate of drug-likeness (QED) is 0.640.